The number of oxime groups is 1. The Kier molecular flexibility index (Phi) is 5.96. The van der Waals surface area contributed by atoms with Crippen molar-refractivity contribution in [3.05, 3.63) is 57.8 Å². The topological polar surface area (TPSA) is 63.9 Å². The summed E-state index contributed by atoms with van der Waals surface area (Å²) in [6.45, 7) is 6.10. The molecule has 24 heavy (non-hydrogen) atoms. The van der Waals surface area contributed by atoms with Gasteiger partial charge in [-0.2, -0.15) is 0 Å². The number of aromatic hydroxyl groups is 1. The van der Waals surface area contributed by atoms with Gasteiger partial charge in [-0.3, -0.25) is 4.98 Å². The van der Waals surface area contributed by atoms with Crippen LogP contribution in [-0.2, 0) is 16.2 Å². The van der Waals surface area contributed by atoms with Crippen LogP contribution < -0.4 is 0 Å². The highest BCUT2D eigenvalue weighted by Crippen LogP contribution is 2.26. The lowest BCUT2D eigenvalue weighted by molar-refractivity contribution is 0.00109. The van der Waals surface area contributed by atoms with Crippen LogP contribution in [0.1, 0.15) is 37.6 Å². The summed E-state index contributed by atoms with van der Waals surface area (Å²) in [4.78, 5) is 10.0. The van der Waals surface area contributed by atoms with Crippen molar-refractivity contribution in [3.8, 4) is 5.75 Å². The van der Waals surface area contributed by atoms with Gasteiger partial charge in [-0.15, -0.1) is 0 Å². The van der Waals surface area contributed by atoms with E-state index >= 15 is 0 Å². The molecule has 0 aliphatic rings. The number of aromatic nitrogens is 1. The molecule has 0 fully saturated rings. The minimum Gasteiger partial charge on any atom is -0.507 e. The molecule has 0 atom stereocenters. The third kappa shape index (κ3) is 4.79. The molecule has 0 saturated heterocycles. The van der Waals surface area contributed by atoms with E-state index in [-0.39, 0.29) is 5.75 Å². The van der Waals surface area contributed by atoms with Crippen molar-refractivity contribution >= 4 is 21.6 Å². The number of ether oxygens (including phenoxy) is 1. The SMILES string of the molecule is COCc1cccnc1/C(=N\OC(C)(C)C)c1cc(Br)ccc1O. The molecule has 1 aromatic heterocycles. The first-order chi connectivity index (χ1) is 11.3. The molecule has 2 aromatic rings. The van der Waals surface area contributed by atoms with Crippen LogP contribution >= 0.6 is 15.9 Å². The van der Waals surface area contributed by atoms with E-state index < -0.39 is 5.60 Å². The molecular formula is C18H21BrN2O3. The normalized spacial score (nSPS) is 12.3. The summed E-state index contributed by atoms with van der Waals surface area (Å²) in [5.74, 6) is 0.100. The largest absolute Gasteiger partial charge is 0.507 e. The minimum atomic E-state index is -0.469. The number of hydrogen-bond acceptors (Lipinski definition) is 5. The average Bonchev–Trinajstić information content (AvgIpc) is 2.51. The van der Waals surface area contributed by atoms with E-state index in [1.807, 2.05) is 32.9 Å². The van der Waals surface area contributed by atoms with Crippen LogP contribution in [-0.4, -0.2) is 28.5 Å². The van der Waals surface area contributed by atoms with Gasteiger partial charge in [0.2, 0.25) is 0 Å². The summed E-state index contributed by atoms with van der Waals surface area (Å²) < 4.78 is 6.07. The van der Waals surface area contributed by atoms with E-state index in [9.17, 15) is 5.11 Å². The first kappa shape index (κ1) is 18.4. The molecule has 0 spiro atoms. The molecule has 0 aliphatic heterocycles. The van der Waals surface area contributed by atoms with Crippen LogP contribution in [0.5, 0.6) is 5.75 Å². The number of phenolic OH excluding ortho intramolecular Hbond substituents is 1. The van der Waals surface area contributed by atoms with Crippen LogP contribution in [0.25, 0.3) is 0 Å². The van der Waals surface area contributed by atoms with Crippen LogP contribution in [0.4, 0.5) is 0 Å². The number of halogens is 1. The number of hydrogen-bond donors (Lipinski definition) is 1. The van der Waals surface area contributed by atoms with Crippen molar-refractivity contribution in [3.63, 3.8) is 0 Å². The predicted octanol–water partition coefficient (Wildman–Crippen LogP) is 4.26. The Balaban J connectivity index is 2.62. The second kappa shape index (κ2) is 7.77. The van der Waals surface area contributed by atoms with Crippen molar-refractivity contribution in [1.29, 1.82) is 0 Å². The molecule has 0 unspecified atom stereocenters. The maximum absolute atomic E-state index is 10.3. The Bertz CT molecular complexity index is 739. The smallest absolute Gasteiger partial charge is 0.139 e. The van der Waals surface area contributed by atoms with Gasteiger partial charge in [0.05, 0.1) is 12.3 Å². The Morgan fingerprint density at radius 1 is 1.29 bits per heavy atom. The van der Waals surface area contributed by atoms with Gasteiger partial charge in [0.15, 0.2) is 0 Å². The molecule has 5 nitrogen and oxygen atoms in total. The molecule has 0 bridgehead atoms. The summed E-state index contributed by atoms with van der Waals surface area (Å²) in [7, 11) is 1.62. The Morgan fingerprint density at radius 3 is 2.71 bits per heavy atom. The van der Waals surface area contributed by atoms with Gasteiger partial charge < -0.3 is 14.7 Å². The predicted molar refractivity (Wildman–Crippen MR) is 97.2 cm³/mol. The fourth-order valence-corrected chi connectivity index (χ4v) is 2.39. The zero-order chi connectivity index (χ0) is 17.7. The molecule has 2 rings (SSSR count). The lowest BCUT2D eigenvalue weighted by Crippen LogP contribution is -2.19. The highest BCUT2D eigenvalue weighted by molar-refractivity contribution is 9.10. The molecule has 0 radical (unpaired) electrons. The van der Waals surface area contributed by atoms with Crippen molar-refractivity contribution in [2.45, 2.75) is 33.0 Å². The van der Waals surface area contributed by atoms with Crippen molar-refractivity contribution in [2.75, 3.05) is 7.11 Å². The van der Waals surface area contributed by atoms with E-state index in [1.165, 1.54) is 0 Å². The lowest BCUT2D eigenvalue weighted by atomic mass is 10.0. The molecule has 0 aliphatic carbocycles. The molecule has 6 heteroatoms. The average molecular weight is 393 g/mol. The van der Waals surface area contributed by atoms with Crippen LogP contribution in [0.3, 0.4) is 0 Å². The first-order valence-corrected chi connectivity index (χ1v) is 8.29. The lowest BCUT2D eigenvalue weighted by Gasteiger charge is -2.18. The van der Waals surface area contributed by atoms with E-state index in [1.54, 1.807) is 31.5 Å². The van der Waals surface area contributed by atoms with E-state index in [4.69, 9.17) is 9.57 Å². The zero-order valence-corrected chi connectivity index (χ0v) is 15.8. The highest BCUT2D eigenvalue weighted by atomic mass is 79.9. The van der Waals surface area contributed by atoms with Crippen molar-refractivity contribution < 1.29 is 14.7 Å². The van der Waals surface area contributed by atoms with Gasteiger partial charge in [-0.05, 0) is 45.0 Å². The number of methoxy groups -OCH3 is 1. The number of pyridine rings is 1. The van der Waals surface area contributed by atoms with Crippen molar-refractivity contribution in [2.24, 2.45) is 5.16 Å². The summed E-state index contributed by atoms with van der Waals surface area (Å²) in [6, 6.07) is 8.89. The van der Waals surface area contributed by atoms with Gasteiger partial charge in [-0.1, -0.05) is 27.2 Å². The van der Waals surface area contributed by atoms with E-state index in [2.05, 4.69) is 26.1 Å². The quantitative estimate of drug-likeness (QED) is 0.609. The maximum atomic E-state index is 10.3. The maximum Gasteiger partial charge on any atom is 0.139 e. The number of nitrogens with zero attached hydrogens (tertiary/aromatic N) is 2. The second-order valence-electron chi connectivity index (χ2n) is 6.25. The minimum absolute atomic E-state index is 0.100. The Labute approximate surface area is 150 Å². The summed E-state index contributed by atoms with van der Waals surface area (Å²) in [5, 5.41) is 14.6. The third-order valence-corrected chi connectivity index (χ3v) is 3.53. The Hall–Kier alpha value is -1.92. The zero-order valence-electron chi connectivity index (χ0n) is 14.2. The molecule has 1 N–H and O–H groups in total. The molecule has 1 aromatic carbocycles. The second-order valence-corrected chi connectivity index (χ2v) is 7.16. The fourth-order valence-electron chi connectivity index (χ4n) is 2.02. The molecule has 128 valence electrons. The van der Waals surface area contributed by atoms with Gasteiger partial charge in [0.25, 0.3) is 0 Å². The molecular weight excluding hydrogens is 372 g/mol. The summed E-state index contributed by atoms with van der Waals surface area (Å²) >= 11 is 3.43. The monoisotopic (exact) mass is 392 g/mol. The number of benzene rings is 1. The van der Waals surface area contributed by atoms with E-state index in [0.29, 0.717) is 23.6 Å². The van der Waals surface area contributed by atoms with E-state index in [0.717, 1.165) is 10.0 Å². The van der Waals surface area contributed by atoms with Crippen LogP contribution in [0.15, 0.2) is 46.2 Å². The van der Waals surface area contributed by atoms with Crippen molar-refractivity contribution in [1.82, 2.24) is 4.98 Å². The standard InChI is InChI=1S/C18H21BrN2O3/c1-18(2,3)24-21-17(14-10-13(19)7-8-15(14)22)16-12(11-23-4)6-5-9-20-16/h5-10,22H,11H2,1-4H3/b21-17-. The molecule has 0 saturated carbocycles. The highest BCUT2D eigenvalue weighted by Gasteiger charge is 2.20. The van der Waals surface area contributed by atoms with Gasteiger partial charge in [0.1, 0.15) is 17.1 Å². The number of phenols is 1. The summed E-state index contributed by atoms with van der Waals surface area (Å²) in [6.07, 6.45) is 1.68. The number of rotatable bonds is 5. The van der Waals surface area contributed by atoms with Crippen LogP contribution in [0, 0.1) is 0 Å². The summed E-state index contributed by atoms with van der Waals surface area (Å²) in [5.41, 5.74) is 1.98. The van der Waals surface area contributed by atoms with Gasteiger partial charge in [-0.25, -0.2) is 0 Å². The van der Waals surface area contributed by atoms with Gasteiger partial charge >= 0.3 is 0 Å². The van der Waals surface area contributed by atoms with Gasteiger partial charge in [0, 0.05) is 28.9 Å². The molecule has 1 heterocycles. The Morgan fingerprint density at radius 2 is 2.04 bits per heavy atom. The van der Waals surface area contributed by atoms with Crippen LogP contribution in [0.2, 0.25) is 0 Å². The first-order valence-electron chi connectivity index (χ1n) is 7.50. The third-order valence-electron chi connectivity index (χ3n) is 3.04. The fraction of sp³-hybridized carbons (Fsp3) is 0.333. The molecule has 0 amide bonds.